The first-order valence-corrected chi connectivity index (χ1v) is 25.4. The SMILES string of the molecule is COC(=O)CCc1c(Cc2[nH]c(Cc3[nH]c(Cc4[nH]c(NC(=O)OCc5ccccc5)c(CCC(=O)OC)c4CC(=O)OC)c(CCC(=O)OC)c3CC(=O)OC)c(CCC(=O)OC)c2CC(=O)OC)[nH]c(CO)c1CC(=O)OC. The van der Waals surface area contributed by atoms with E-state index in [1.54, 1.807) is 24.3 Å². The molecule has 5 rings (SSSR count). The summed E-state index contributed by atoms with van der Waals surface area (Å²) in [5.74, 6) is -4.65. The van der Waals surface area contributed by atoms with Gasteiger partial charge in [0.15, 0.2) is 0 Å². The van der Waals surface area contributed by atoms with Crippen molar-refractivity contribution in [3.8, 4) is 0 Å². The Morgan fingerprint density at radius 2 is 0.688 bits per heavy atom. The van der Waals surface area contributed by atoms with Crippen LogP contribution in [0.5, 0.6) is 0 Å². The molecule has 80 heavy (non-hydrogen) atoms. The maximum Gasteiger partial charge on any atom is 0.413 e. The van der Waals surface area contributed by atoms with Gasteiger partial charge in [-0.3, -0.25) is 43.7 Å². The number of carbonyl (C=O) groups is 9. The molecule has 0 saturated heterocycles. The van der Waals surface area contributed by atoms with Gasteiger partial charge in [-0.1, -0.05) is 30.3 Å². The van der Waals surface area contributed by atoms with Crippen LogP contribution in [0.4, 0.5) is 10.6 Å². The van der Waals surface area contributed by atoms with Gasteiger partial charge in [0.1, 0.15) is 12.4 Å². The monoisotopic (exact) mass is 1120 g/mol. The Labute approximate surface area is 461 Å². The number of esters is 8. The van der Waals surface area contributed by atoms with Crippen molar-refractivity contribution in [2.45, 2.75) is 110 Å². The van der Waals surface area contributed by atoms with Crippen molar-refractivity contribution in [1.82, 2.24) is 19.9 Å². The van der Waals surface area contributed by atoms with Gasteiger partial charge >= 0.3 is 53.8 Å². The van der Waals surface area contributed by atoms with Gasteiger partial charge in [-0.25, -0.2) is 4.79 Å². The lowest BCUT2D eigenvalue weighted by molar-refractivity contribution is -0.141. The minimum atomic E-state index is -0.851. The fourth-order valence-electron chi connectivity index (χ4n) is 9.48. The van der Waals surface area contributed by atoms with E-state index in [1.165, 1.54) is 56.9 Å². The van der Waals surface area contributed by atoms with Crippen LogP contribution in [-0.2, 0) is 165 Å². The van der Waals surface area contributed by atoms with Gasteiger partial charge in [0, 0.05) is 84.8 Å². The van der Waals surface area contributed by atoms with Gasteiger partial charge in [0.2, 0.25) is 0 Å². The number of H-pyrrole nitrogens is 4. The van der Waals surface area contributed by atoms with Gasteiger partial charge in [0.25, 0.3) is 0 Å². The molecule has 24 nitrogen and oxygen atoms in total. The molecular formula is C56H69N5O19. The summed E-state index contributed by atoms with van der Waals surface area (Å²) in [6.45, 7) is -0.585. The summed E-state index contributed by atoms with van der Waals surface area (Å²) in [7, 11) is 9.82. The minimum Gasteiger partial charge on any atom is -0.469 e. The van der Waals surface area contributed by atoms with Crippen molar-refractivity contribution in [2.24, 2.45) is 0 Å². The van der Waals surface area contributed by atoms with Crippen LogP contribution >= 0.6 is 0 Å². The highest BCUT2D eigenvalue weighted by atomic mass is 16.6. The van der Waals surface area contributed by atoms with E-state index in [0.717, 1.165) is 0 Å². The van der Waals surface area contributed by atoms with Gasteiger partial charge < -0.3 is 67.7 Å². The summed E-state index contributed by atoms with van der Waals surface area (Å²) in [5, 5.41) is 13.2. The molecule has 0 bridgehead atoms. The third-order valence-electron chi connectivity index (χ3n) is 13.6. The van der Waals surface area contributed by atoms with E-state index in [-0.39, 0.29) is 109 Å². The van der Waals surface area contributed by atoms with Crippen molar-refractivity contribution in [2.75, 3.05) is 62.2 Å². The Kier molecular flexibility index (Phi) is 23.7. The van der Waals surface area contributed by atoms with E-state index in [1.807, 2.05) is 6.07 Å². The van der Waals surface area contributed by atoms with Gasteiger partial charge in [0.05, 0.1) is 89.2 Å². The number of hydrogen-bond donors (Lipinski definition) is 6. The number of benzene rings is 1. The maximum absolute atomic E-state index is 13.5. The fourth-order valence-corrected chi connectivity index (χ4v) is 9.48. The predicted molar refractivity (Wildman–Crippen MR) is 282 cm³/mol. The zero-order chi connectivity index (χ0) is 58.5. The molecule has 0 unspecified atom stereocenters. The van der Waals surface area contributed by atoms with E-state index in [2.05, 4.69) is 25.3 Å². The number of carbonyl (C=O) groups excluding carboxylic acids is 9. The maximum atomic E-state index is 13.5. The first kappa shape index (κ1) is 62.2. The zero-order valence-corrected chi connectivity index (χ0v) is 46.2. The number of aromatic nitrogens is 4. The number of nitrogens with one attached hydrogen (secondary N) is 5. The first-order chi connectivity index (χ1) is 38.4. The Morgan fingerprint density at radius 3 is 1.04 bits per heavy atom. The normalized spacial score (nSPS) is 10.9. The molecule has 0 radical (unpaired) electrons. The smallest absolute Gasteiger partial charge is 0.413 e. The molecule has 0 atom stereocenters. The van der Waals surface area contributed by atoms with Crippen LogP contribution in [0.25, 0.3) is 0 Å². The zero-order valence-electron chi connectivity index (χ0n) is 46.2. The van der Waals surface area contributed by atoms with Crippen molar-refractivity contribution in [3.05, 3.63) is 120 Å². The van der Waals surface area contributed by atoms with Crippen LogP contribution in [0.15, 0.2) is 30.3 Å². The summed E-state index contributed by atoms with van der Waals surface area (Å²) in [6.07, 6.45) is -2.54. The molecule has 0 spiro atoms. The minimum absolute atomic E-state index is 0.00186. The van der Waals surface area contributed by atoms with Gasteiger partial charge in [-0.15, -0.1) is 0 Å². The molecule has 5 aromatic rings. The van der Waals surface area contributed by atoms with Gasteiger partial charge in [-0.2, -0.15) is 0 Å². The topological polar surface area (TPSA) is 332 Å². The molecule has 432 valence electrons. The summed E-state index contributed by atoms with van der Waals surface area (Å²) < 4.78 is 45.9. The van der Waals surface area contributed by atoms with Crippen molar-refractivity contribution >= 4 is 59.7 Å². The van der Waals surface area contributed by atoms with Crippen LogP contribution in [0.3, 0.4) is 0 Å². The number of hydrogen-bond acceptors (Lipinski definition) is 19. The van der Waals surface area contributed by atoms with E-state index in [9.17, 15) is 48.3 Å². The summed E-state index contributed by atoms with van der Waals surface area (Å²) in [5.41, 5.74) is 7.20. The lowest BCUT2D eigenvalue weighted by Gasteiger charge is -2.10. The molecule has 4 aromatic heterocycles. The summed E-state index contributed by atoms with van der Waals surface area (Å²) in [4.78, 5) is 130. The van der Waals surface area contributed by atoms with Crippen molar-refractivity contribution in [1.29, 1.82) is 0 Å². The number of anilines is 1. The quantitative estimate of drug-likeness (QED) is 0.0276. The molecule has 0 aliphatic heterocycles. The van der Waals surface area contributed by atoms with E-state index < -0.39 is 60.5 Å². The number of methoxy groups -OCH3 is 8. The van der Waals surface area contributed by atoms with E-state index in [0.29, 0.717) is 89.9 Å². The molecule has 6 N–H and O–H groups in total. The highest BCUT2D eigenvalue weighted by Crippen LogP contribution is 2.35. The molecule has 1 aromatic carbocycles. The highest BCUT2D eigenvalue weighted by molar-refractivity contribution is 5.86. The highest BCUT2D eigenvalue weighted by Gasteiger charge is 2.30. The standard InChI is InChI=1S/C56H69N5O19/c1-72-47(63)18-14-32-36(22-51(67)76-5)44(27-42-34(16-20-49(65)74-3)38(24-53(69)78-7)46(29-62)59-42)57-40(32)26-43-37(23-52(68)77-6)33(15-19-48(64)73-2)41(58-43)28-45-39(25-54(70)79-8)35(17-21-50(66)75-4)55(60-45)61-56(71)80-30-31-12-10-9-11-13-31/h9-13,57-60,62H,14-30H2,1-8H3,(H,61,71). The Hall–Kier alpha value is -8.67. The predicted octanol–water partition coefficient (Wildman–Crippen LogP) is 4.30. The fraction of sp³-hybridized carbons (Fsp3) is 0.446. The van der Waals surface area contributed by atoms with Crippen LogP contribution in [0.1, 0.15) is 116 Å². The van der Waals surface area contributed by atoms with Crippen LogP contribution in [-0.4, -0.2) is 136 Å². The Bertz CT molecular complexity index is 3020. The first-order valence-electron chi connectivity index (χ1n) is 25.4. The lowest BCUT2D eigenvalue weighted by atomic mass is 9.94. The number of aromatic amines is 4. The van der Waals surface area contributed by atoms with Crippen molar-refractivity contribution < 1.29 is 90.9 Å². The average Bonchev–Trinajstić information content (AvgIpc) is 4.18. The summed E-state index contributed by atoms with van der Waals surface area (Å²) >= 11 is 0. The molecule has 1 amide bonds. The Morgan fingerprint density at radius 1 is 0.388 bits per heavy atom. The van der Waals surface area contributed by atoms with E-state index >= 15 is 0 Å². The number of rotatable bonds is 30. The number of aliphatic hydroxyl groups is 1. The van der Waals surface area contributed by atoms with E-state index in [4.69, 9.17) is 42.6 Å². The summed E-state index contributed by atoms with van der Waals surface area (Å²) in [6, 6.07) is 8.96. The van der Waals surface area contributed by atoms with Crippen LogP contribution in [0.2, 0.25) is 0 Å². The van der Waals surface area contributed by atoms with Crippen LogP contribution in [0, 0.1) is 0 Å². The molecule has 24 heteroatoms. The Balaban J connectivity index is 1.76. The molecule has 0 aliphatic carbocycles. The van der Waals surface area contributed by atoms with Crippen LogP contribution < -0.4 is 5.32 Å². The molecule has 4 heterocycles. The number of ether oxygens (including phenoxy) is 9. The number of amides is 1. The molecule has 0 fully saturated rings. The van der Waals surface area contributed by atoms with Gasteiger partial charge in [-0.05, 0) is 75.8 Å². The average molecular weight is 1120 g/mol. The third kappa shape index (κ3) is 16.9. The third-order valence-corrected chi connectivity index (χ3v) is 13.6. The molecular weight excluding hydrogens is 1050 g/mol. The molecule has 0 saturated carbocycles. The number of aliphatic hydroxyl groups excluding tert-OH is 1. The largest absolute Gasteiger partial charge is 0.469 e. The molecule has 0 aliphatic rings. The second-order valence-electron chi connectivity index (χ2n) is 18.2. The second-order valence-corrected chi connectivity index (χ2v) is 18.2. The second kappa shape index (κ2) is 30.5. The lowest BCUT2D eigenvalue weighted by Crippen LogP contribution is -2.15. The van der Waals surface area contributed by atoms with Crippen molar-refractivity contribution in [3.63, 3.8) is 0 Å².